The van der Waals surface area contributed by atoms with Gasteiger partial charge >= 0.3 is 12.3 Å². The Kier molecular flexibility index (Phi) is 8.12. The van der Waals surface area contributed by atoms with Crippen LogP contribution in [0, 0.1) is 13.8 Å². The van der Waals surface area contributed by atoms with Crippen molar-refractivity contribution in [3.05, 3.63) is 99.6 Å². The van der Waals surface area contributed by atoms with Gasteiger partial charge < -0.3 is 14.6 Å². The van der Waals surface area contributed by atoms with Gasteiger partial charge in [-0.3, -0.25) is 4.57 Å². The third-order valence-electron chi connectivity index (χ3n) is 6.20. The molecule has 0 aliphatic carbocycles. The van der Waals surface area contributed by atoms with E-state index in [1.54, 1.807) is 42.2 Å². The predicted molar refractivity (Wildman–Crippen MR) is 153 cm³/mol. The lowest BCUT2D eigenvalue weighted by Gasteiger charge is -2.14. The van der Waals surface area contributed by atoms with Gasteiger partial charge in [-0.05, 0) is 66.9 Å². The molecule has 0 aliphatic heterocycles. The van der Waals surface area contributed by atoms with E-state index in [4.69, 9.17) is 4.74 Å². The number of methoxy groups -OCH3 is 1. The monoisotopic (exact) mass is 608 g/mol. The molecule has 0 atom stereocenters. The molecule has 43 heavy (non-hydrogen) atoms. The number of hydrogen-bond acceptors (Lipinski definition) is 8. The van der Waals surface area contributed by atoms with Crippen LogP contribution >= 0.6 is 11.3 Å². The number of aromatic carboxylic acids is 1. The first-order valence-corrected chi connectivity index (χ1v) is 13.4. The summed E-state index contributed by atoms with van der Waals surface area (Å²) in [5.41, 5.74) is 4.34. The molecule has 14 heteroatoms. The number of carbonyl (C=O) groups is 1. The zero-order chi connectivity index (χ0) is 30.7. The number of thiazole rings is 1. The van der Waals surface area contributed by atoms with Crippen LogP contribution in [0.3, 0.4) is 0 Å². The number of aryl methyl sites for hydroxylation is 2. The third kappa shape index (κ3) is 6.64. The average Bonchev–Trinajstić information content (AvgIpc) is 3.61. The topological polar surface area (TPSA) is 116 Å². The maximum absolute atomic E-state index is 12.4. The van der Waals surface area contributed by atoms with Gasteiger partial charge in [0.25, 0.3) is 0 Å². The lowest BCUT2D eigenvalue weighted by atomic mass is 10.1. The highest BCUT2D eigenvalue weighted by molar-refractivity contribution is 7.07. The molecule has 220 valence electrons. The van der Waals surface area contributed by atoms with Crippen LogP contribution in [0.25, 0.3) is 22.8 Å². The molecule has 3 aromatic carbocycles. The highest BCUT2D eigenvalue weighted by atomic mass is 32.1. The Morgan fingerprint density at radius 1 is 1.02 bits per heavy atom. The van der Waals surface area contributed by atoms with Crippen molar-refractivity contribution in [3.63, 3.8) is 0 Å². The molecule has 0 amide bonds. The smallest absolute Gasteiger partial charge is 0.497 e. The van der Waals surface area contributed by atoms with E-state index in [-0.39, 0.29) is 11.4 Å². The zero-order valence-electron chi connectivity index (χ0n) is 22.9. The minimum Gasteiger partial charge on any atom is -0.497 e. The first-order valence-electron chi connectivity index (χ1n) is 12.6. The number of halogens is 3. The van der Waals surface area contributed by atoms with Crippen molar-refractivity contribution in [2.24, 2.45) is 10.2 Å². The first kappa shape index (κ1) is 29.3. The van der Waals surface area contributed by atoms with Crippen molar-refractivity contribution in [1.82, 2.24) is 19.3 Å². The summed E-state index contributed by atoms with van der Waals surface area (Å²) in [4.78, 5) is 16.6. The Hall–Kier alpha value is -5.24. The Morgan fingerprint density at radius 2 is 1.70 bits per heavy atom. The van der Waals surface area contributed by atoms with Crippen LogP contribution in [0.2, 0.25) is 0 Å². The SMILES string of the molecule is COc1cc(C)c(-n2c(C(=O)O)cs/c2=N\N=C\c2ccc(-c3ncn(-c4ccc(OC(F)(F)F)cc4)n3)cc2)c(C)c1. The van der Waals surface area contributed by atoms with Crippen LogP contribution in [0.4, 0.5) is 13.2 Å². The van der Waals surface area contributed by atoms with Gasteiger partial charge in [0.1, 0.15) is 23.5 Å². The van der Waals surface area contributed by atoms with E-state index in [1.165, 1.54) is 40.7 Å². The van der Waals surface area contributed by atoms with Crippen molar-refractivity contribution in [2.75, 3.05) is 7.11 Å². The molecular weight excluding hydrogens is 585 g/mol. The van der Waals surface area contributed by atoms with E-state index in [0.29, 0.717) is 33.3 Å². The van der Waals surface area contributed by atoms with Crippen LogP contribution in [0.1, 0.15) is 27.2 Å². The van der Waals surface area contributed by atoms with Crippen molar-refractivity contribution in [3.8, 4) is 34.3 Å². The maximum Gasteiger partial charge on any atom is 0.573 e. The van der Waals surface area contributed by atoms with Crippen molar-refractivity contribution in [1.29, 1.82) is 0 Å². The van der Waals surface area contributed by atoms with Gasteiger partial charge in [0.05, 0.1) is 24.7 Å². The zero-order valence-corrected chi connectivity index (χ0v) is 23.7. The summed E-state index contributed by atoms with van der Waals surface area (Å²) in [5.74, 6) is -0.338. The van der Waals surface area contributed by atoms with Crippen molar-refractivity contribution < 1.29 is 32.5 Å². The molecular formula is C29H23F3N6O4S. The summed E-state index contributed by atoms with van der Waals surface area (Å²) in [5, 5.41) is 24.2. The molecule has 0 aliphatic rings. The fourth-order valence-electron chi connectivity index (χ4n) is 4.32. The Morgan fingerprint density at radius 3 is 2.30 bits per heavy atom. The lowest BCUT2D eigenvalue weighted by molar-refractivity contribution is -0.274. The molecule has 0 saturated heterocycles. The number of rotatable bonds is 8. The van der Waals surface area contributed by atoms with Gasteiger partial charge in [-0.2, -0.15) is 5.10 Å². The Labute approximate surface area is 246 Å². The highest BCUT2D eigenvalue weighted by Gasteiger charge is 2.31. The third-order valence-corrected chi connectivity index (χ3v) is 7.01. The highest BCUT2D eigenvalue weighted by Crippen LogP contribution is 2.26. The maximum atomic E-state index is 12.4. The molecule has 5 rings (SSSR count). The van der Waals surface area contributed by atoms with Gasteiger partial charge in [0, 0.05) is 10.9 Å². The number of hydrogen-bond donors (Lipinski definition) is 1. The standard InChI is InChI=1S/C29H23F3N6O4S/c1-17-12-23(41-3)13-18(2)25(17)38-24(27(39)40)15-43-28(38)35-34-14-19-4-6-20(7-5-19)26-33-16-37(36-26)21-8-10-22(11-9-21)42-29(30,31)32/h4-16H,1-3H3,(H,39,40)/b34-14+,35-28-. The summed E-state index contributed by atoms with van der Waals surface area (Å²) in [6, 6.07) is 16.1. The minimum atomic E-state index is -4.77. The molecule has 10 nitrogen and oxygen atoms in total. The summed E-state index contributed by atoms with van der Waals surface area (Å²) >= 11 is 1.16. The second-order valence-corrected chi connectivity index (χ2v) is 10.0. The normalized spacial score (nSPS) is 12.2. The molecule has 0 fully saturated rings. The fourth-order valence-corrected chi connectivity index (χ4v) is 5.13. The fraction of sp³-hybridized carbons (Fsp3) is 0.138. The predicted octanol–water partition coefficient (Wildman–Crippen LogP) is 5.94. The largest absolute Gasteiger partial charge is 0.573 e. The molecule has 0 bridgehead atoms. The van der Waals surface area contributed by atoms with E-state index < -0.39 is 12.3 Å². The van der Waals surface area contributed by atoms with E-state index >= 15 is 0 Å². The number of nitrogens with zero attached hydrogens (tertiary/aromatic N) is 6. The molecule has 1 N–H and O–H groups in total. The van der Waals surface area contributed by atoms with Crippen LogP contribution in [0.5, 0.6) is 11.5 Å². The average molecular weight is 609 g/mol. The number of ether oxygens (including phenoxy) is 2. The molecule has 0 saturated carbocycles. The van der Waals surface area contributed by atoms with E-state index in [9.17, 15) is 23.1 Å². The molecule has 0 radical (unpaired) electrons. The minimum absolute atomic E-state index is 0.0668. The molecule has 0 spiro atoms. The lowest BCUT2D eigenvalue weighted by Crippen LogP contribution is -2.20. The number of benzene rings is 3. The van der Waals surface area contributed by atoms with Crippen LogP contribution < -0.4 is 14.3 Å². The van der Waals surface area contributed by atoms with Gasteiger partial charge in [-0.25, -0.2) is 14.5 Å². The second-order valence-electron chi connectivity index (χ2n) is 9.17. The number of carboxylic acid groups (broad SMARTS) is 1. The van der Waals surface area contributed by atoms with Crippen LogP contribution in [0.15, 0.2) is 82.6 Å². The molecule has 2 aromatic heterocycles. The van der Waals surface area contributed by atoms with Gasteiger partial charge in [0.15, 0.2) is 5.82 Å². The van der Waals surface area contributed by atoms with E-state index in [0.717, 1.165) is 28.0 Å². The molecule has 5 aromatic rings. The quantitative estimate of drug-likeness (QED) is 0.172. The number of carboxylic acids is 1. The van der Waals surface area contributed by atoms with Gasteiger partial charge in [0.2, 0.25) is 4.80 Å². The van der Waals surface area contributed by atoms with E-state index in [2.05, 4.69) is 25.0 Å². The van der Waals surface area contributed by atoms with Crippen LogP contribution in [-0.4, -0.2) is 50.1 Å². The van der Waals surface area contributed by atoms with Crippen molar-refractivity contribution in [2.45, 2.75) is 20.2 Å². The van der Waals surface area contributed by atoms with Crippen LogP contribution in [-0.2, 0) is 0 Å². The Balaban J connectivity index is 1.35. The molecule has 2 heterocycles. The summed E-state index contributed by atoms with van der Waals surface area (Å²) < 4.78 is 49.4. The second kappa shape index (κ2) is 11.9. The van der Waals surface area contributed by atoms with Gasteiger partial charge in [-0.1, -0.05) is 24.3 Å². The first-order chi connectivity index (χ1) is 20.5. The Bertz CT molecular complexity index is 1850. The summed E-state index contributed by atoms with van der Waals surface area (Å²) in [6.45, 7) is 3.74. The molecule has 0 unspecified atom stereocenters. The van der Waals surface area contributed by atoms with Gasteiger partial charge in [-0.15, -0.1) is 34.7 Å². The van der Waals surface area contributed by atoms with Crippen molar-refractivity contribution >= 4 is 23.5 Å². The number of alkyl halides is 3. The summed E-state index contributed by atoms with van der Waals surface area (Å²) in [7, 11) is 1.57. The number of aromatic nitrogens is 4. The van der Waals surface area contributed by atoms with E-state index in [1.807, 2.05) is 26.0 Å². The summed E-state index contributed by atoms with van der Waals surface area (Å²) in [6.07, 6.45) is -1.77.